The van der Waals surface area contributed by atoms with E-state index in [0.717, 1.165) is 58.5 Å². The van der Waals surface area contributed by atoms with E-state index >= 15 is 0 Å². The Morgan fingerprint density at radius 3 is 2.56 bits per heavy atom. The average molecular weight is 577 g/mol. The van der Waals surface area contributed by atoms with Crippen LogP contribution in [0.4, 0.5) is 16.0 Å². The minimum atomic E-state index is -0.337. The normalized spacial score (nSPS) is 17.0. The summed E-state index contributed by atoms with van der Waals surface area (Å²) in [4.78, 5) is 21.8. The van der Waals surface area contributed by atoms with Gasteiger partial charge < -0.3 is 19.5 Å². The van der Waals surface area contributed by atoms with E-state index in [9.17, 15) is 4.39 Å². The van der Waals surface area contributed by atoms with Crippen molar-refractivity contribution in [2.75, 3.05) is 45.8 Å². The molecule has 214 valence electrons. The lowest BCUT2D eigenvalue weighted by Crippen LogP contribution is -2.26. The van der Waals surface area contributed by atoms with Crippen LogP contribution < -0.4 is 19.5 Å². The Labute approximate surface area is 242 Å². The Morgan fingerprint density at radius 1 is 1.02 bits per heavy atom. The number of hydrogen-bond donors (Lipinski definition) is 1. The number of nitrogens with one attached hydrogen (secondary N) is 1. The van der Waals surface area contributed by atoms with Gasteiger partial charge in [-0.25, -0.2) is 24.3 Å². The fraction of sp³-hybridized carbons (Fsp3) is 0.400. The topological polar surface area (TPSA) is 94.5 Å². The van der Waals surface area contributed by atoms with Crippen LogP contribution in [0.15, 0.2) is 48.8 Å². The molecule has 4 heterocycles. The smallest absolute Gasteiger partial charge is 0.227 e. The standard InChI is InChI=1S/C30H33FN6O3S/c1-38-23-14-20(15-24(16-23)39-2)28-29(41-27(36-28)13-19-3-4-19)25-7-10-32-30(35-25)34-21-5-6-26(33-17-21)40-22-8-11-37(18-22)12-9-31/h5-7,10,14-17,19,22H,3-4,8-9,11-13,18H2,1-2H3,(H,32,34,35)/t22-/m1/s1. The molecule has 4 aromatic rings. The Bertz CT molecular complexity index is 1460. The van der Waals surface area contributed by atoms with Crippen LogP contribution in [0, 0.1) is 5.92 Å². The number of thiazole rings is 1. The first-order chi connectivity index (χ1) is 20.1. The van der Waals surface area contributed by atoms with Gasteiger partial charge in [-0.1, -0.05) is 0 Å². The van der Waals surface area contributed by atoms with E-state index in [4.69, 9.17) is 24.2 Å². The molecule has 9 nitrogen and oxygen atoms in total. The summed E-state index contributed by atoms with van der Waals surface area (Å²) in [5.74, 6) is 3.13. The zero-order chi connectivity index (χ0) is 28.2. The van der Waals surface area contributed by atoms with Crippen molar-refractivity contribution in [1.29, 1.82) is 0 Å². The highest BCUT2D eigenvalue weighted by molar-refractivity contribution is 7.15. The highest BCUT2D eigenvalue weighted by atomic mass is 32.1. The number of halogens is 1. The summed E-state index contributed by atoms with van der Waals surface area (Å²) in [5.41, 5.74) is 3.30. The predicted octanol–water partition coefficient (Wildman–Crippen LogP) is 5.80. The largest absolute Gasteiger partial charge is 0.497 e. The third kappa shape index (κ3) is 6.74. The van der Waals surface area contributed by atoms with Gasteiger partial charge in [0, 0.05) is 49.9 Å². The number of hydrogen-bond acceptors (Lipinski definition) is 10. The molecule has 0 bridgehead atoms. The molecule has 0 spiro atoms. The predicted molar refractivity (Wildman–Crippen MR) is 157 cm³/mol. The number of pyridine rings is 1. The Kier molecular flexibility index (Phi) is 8.24. The molecule has 1 aliphatic carbocycles. The maximum absolute atomic E-state index is 12.6. The molecular weight excluding hydrogens is 543 g/mol. The Hall–Kier alpha value is -3.83. The van der Waals surface area contributed by atoms with Gasteiger partial charge in [-0.3, -0.25) is 4.90 Å². The quantitative estimate of drug-likeness (QED) is 0.225. The maximum atomic E-state index is 12.6. The molecule has 1 N–H and O–H groups in total. The number of aromatic nitrogens is 4. The van der Waals surface area contributed by atoms with Crippen LogP contribution in [-0.2, 0) is 6.42 Å². The van der Waals surface area contributed by atoms with Crippen molar-refractivity contribution < 1.29 is 18.6 Å². The summed E-state index contributed by atoms with van der Waals surface area (Å²) in [6.07, 6.45) is 7.83. The number of benzene rings is 1. The van der Waals surface area contributed by atoms with Crippen LogP contribution in [0.5, 0.6) is 17.4 Å². The van der Waals surface area contributed by atoms with Crippen molar-refractivity contribution in [3.63, 3.8) is 0 Å². The van der Waals surface area contributed by atoms with E-state index < -0.39 is 0 Å². The van der Waals surface area contributed by atoms with Crippen molar-refractivity contribution in [2.24, 2.45) is 5.92 Å². The van der Waals surface area contributed by atoms with Gasteiger partial charge >= 0.3 is 0 Å². The van der Waals surface area contributed by atoms with E-state index in [1.165, 1.54) is 12.8 Å². The lowest BCUT2D eigenvalue weighted by molar-refractivity contribution is 0.189. The van der Waals surface area contributed by atoms with Crippen molar-refractivity contribution in [3.05, 3.63) is 53.8 Å². The SMILES string of the molecule is COc1cc(OC)cc(-c2nc(CC3CC3)sc2-c2ccnc(Nc3ccc(O[C@@H]4CCN(CCF)C4)nc3)n2)c1. The van der Waals surface area contributed by atoms with Crippen LogP contribution in [-0.4, -0.2) is 71.5 Å². The van der Waals surface area contributed by atoms with Crippen molar-refractivity contribution >= 4 is 23.0 Å². The fourth-order valence-electron chi connectivity index (χ4n) is 4.92. The molecular formula is C30H33FN6O3S. The Morgan fingerprint density at radius 2 is 1.85 bits per heavy atom. The number of nitrogens with zero attached hydrogens (tertiary/aromatic N) is 5. The van der Waals surface area contributed by atoms with Crippen molar-refractivity contribution in [2.45, 2.75) is 31.8 Å². The van der Waals surface area contributed by atoms with Gasteiger partial charge in [-0.15, -0.1) is 11.3 Å². The first-order valence-electron chi connectivity index (χ1n) is 13.8. The third-order valence-electron chi connectivity index (χ3n) is 7.25. The summed E-state index contributed by atoms with van der Waals surface area (Å²) >= 11 is 1.67. The first-order valence-corrected chi connectivity index (χ1v) is 14.7. The molecule has 2 aliphatic rings. The zero-order valence-electron chi connectivity index (χ0n) is 23.2. The van der Waals surface area contributed by atoms with E-state index in [1.807, 2.05) is 36.4 Å². The lowest BCUT2D eigenvalue weighted by atomic mass is 10.1. The van der Waals surface area contributed by atoms with Crippen molar-refractivity contribution in [3.8, 4) is 39.2 Å². The highest BCUT2D eigenvalue weighted by Gasteiger charge is 2.26. The van der Waals surface area contributed by atoms with Gasteiger partial charge in [0.05, 0.1) is 47.4 Å². The van der Waals surface area contributed by atoms with E-state index in [1.54, 1.807) is 38.0 Å². The monoisotopic (exact) mass is 576 g/mol. The lowest BCUT2D eigenvalue weighted by Gasteiger charge is -2.15. The highest BCUT2D eigenvalue weighted by Crippen LogP contribution is 2.42. The fourth-order valence-corrected chi connectivity index (χ4v) is 6.09. The molecule has 2 fully saturated rings. The summed E-state index contributed by atoms with van der Waals surface area (Å²) in [7, 11) is 3.29. The number of likely N-dealkylation sites (tertiary alicyclic amines) is 1. The van der Waals surface area contributed by atoms with E-state index in [-0.39, 0.29) is 12.8 Å². The minimum absolute atomic E-state index is 0.0239. The molecule has 11 heteroatoms. The van der Waals surface area contributed by atoms with Crippen LogP contribution in [0.1, 0.15) is 24.3 Å². The van der Waals surface area contributed by atoms with Gasteiger partial charge in [0.2, 0.25) is 11.8 Å². The van der Waals surface area contributed by atoms with Gasteiger partial charge in [0.25, 0.3) is 0 Å². The second-order valence-corrected chi connectivity index (χ2v) is 11.4. The summed E-state index contributed by atoms with van der Waals surface area (Å²) in [5, 5.41) is 4.36. The molecule has 1 saturated carbocycles. The molecule has 1 aromatic carbocycles. The summed E-state index contributed by atoms with van der Waals surface area (Å²) in [6.45, 7) is 1.68. The maximum Gasteiger partial charge on any atom is 0.227 e. The number of alkyl halides is 1. The second-order valence-electron chi connectivity index (χ2n) is 10.3. The van der Waals surface area contributed by atoms with Crippen LogP contribution in [0.3, 0.4) is 0 Å². The zero-order valence-corrected chi connectivity index (χ0v) is 24.0. The molecule has 0 amide bonds. The number of anilines is 2. The molecule has 1 saturated heterocycles. The second kappa shape index (κ2) is 12.4. The summed E-state index contributed by atoms with van der Waals surface area (Å²) < 4.78 is 29.7. The molecule has 41 heavy (non-hydrogen) atoms. The molecule has 1 aliphatic heterocycles. The number of ether oxygens (including phenoxy) is 3. The average Bonchev–Trinajstić information content (AvgIpc) is 3.54. The third-order valence-corrected chi connectivity index (χ3v) is 8.35. The van der Waals surface area contributed by atoms with Crippen LogP contribution in [0.2, 0.25) is 0 Å². The number of methoxy groups -OCH3 is 2. The minimum Gasteiger partial charge on any atom is -0.497 e. The van der Waals surface area contributed by atoms with Gasteiger partial charge in [-0.05, 0) is 49.4 Å². The van der Waals surface area contributed by atoms with Gasteiger partial charge in [-0.2, -0.15) is 0 Å². The molecule has 1 atom stereocenters. The van der Waals surface area contributed by atoms with Crippen LogP contribution in [0.25, 0.3) is 21.8 Å². The number of rotatable bonds is 12. The summed E-state index contributed by atoms with van der Waals surface area (Å²) in [6, 6.07) is 11.4. The Balaban J connectivity index is 1.21. The molecule has 3 aromatic heterocycles. The van der Waals surface area contributed by atoms with Crippen molar-refractivity contribution in [1.82, 2.24) is 24.8 Å². The van der Waals surface area contributed by atoms with E-state index in [2.05, 4.69) is 20.2 Å². The van der Waals surface area contributed by atoms with E-state index in [0.29, 0.717) is 35.8 Å². The first kappa shape index (κ1) is 27.3. The van der Waals surface area contributed by atoms with Crippen LogP contribution >= 0.6 is 11.3 Å². The molecule has 6 rings (SSSR count). The molecule has 0 unspecified atom stereocenters. The van der Waals surface area contributed by atoms with Gasteiger partial charge in [0.15, 0.2) is 0 Å². The van der Waals surface area contributed by atoms with Gasteiger partial charge in [0.1, 0.15) is 24.3 Å². The molecule has 0 radical (unpaired) electrons.